The number of hydrogen-bond donors (Lipinski definition) is 0. The Hall–Kier alpha value is 0.719. The van der Waals surface area contributed by atoms with E-state index < -0.39 is 18.4 Å². The predicted octanol–water partition coefficient (Wildman–Crippen LogP) is 1.20. The maximum atomic E-state index is 5.30. The van der Waals surface area contributed by atoms with Gasteiger partial charge < -0.3 is 0 Å². The molecule has 0 aliphatic carbocycles. The van der Waals surface area contributed by atoms with Gasteiger partial charge >= 0.3 is 73.7 Å². The van der Waals surface area contributed by atoms with Crippen molar-refractivity contribution < 1.29 is 4.74 Å². The van der Waals surface area contributed by atoms with E-state index in [2.05, 4.69) is 19.7 Å². The molecule has 1 rings (SSSR count). The summed E-state index contributed by atoms with van der Waals surface area (Å²) in [6.07, 6.45) is 0. The Morgan fingerprint density at radius 2 is 1.73 bits per heavy atom. The van der Waals surface area contributed by atoms with Crippen molar-refractivity contribution in [3.63, 3.8) is 0 Å². The molecule has 1 aliphatic heterocycles. The predicted molar refractivity (Wildman–Crippen MR) is 50.6 cm³/mol. The topological polar surface area (TPSA) is 12.5 Å². The summed E-state index contributed by atoms with van der Waals surface area (Å²) in [5.41, 5.74) is 0. The van der Waals surface area contributed by atoms with Crippen molar-refractivity contribution in [1.82, 2.24) is 4.90 Å². The number of rotatable bonds is 2. The summed E-state index contributed by atoms with van der Waals surface area (Å²) >= 11 is -1.54. The Morgan fingerprint density at radius 3 is 2.18 bits per heavy atom. The number of nitrogens with zero attached hydrogens (tertiary/aromatic N) is 1. The van der Waals surface area contributed by atoms with Crippen LogP contribution in [0.3, 0.4) is 0 Å². The third-order valence-corrected chi connectivity index (χ3v) is 5.79. The van der Waals surface area contributed by atoms with Gasteiger partial charge in [-0.25, -0.2) is 0 Å². The molecule has 0 radical (unpaired) electrons. The standard InChI is InChI=1S/C5H10NO.3CH3.Sn/c1-6-2-4-7-5-3-6;;;;/h1-5H2;3*1H3;. The van der Waals surface area contributed by atoms with Crippen LogP contribution in [-0.2, 0) is 4.74 Å². The van der Waals surface area contributed by atoms with E-state index in [0.717, 1.165) is 26.3 Å². The van der Waals surface area contributed by atoms with Gasteiger partial charge in [-0.15, -0.1) is 0 Å². The first-order chi connectivity index (χ1) is 5.08. The van der Waals surface area contributed by atoms with Crippen LogP contribution in [0.5, 0.6) is 0 Å². The van der Waals surface area contributed by atoms with Gasteiger partial charge in [-0.05, 0) is 0 Å². The molecular weight excluding hydrogens is 245 g/mol. The summed E-state index contributed by atoms with van der Waals surface area (Å²) in [6, 6.07) is 0. The second-order valence-electron chi connectivity index (χ2n) is 4.45. The van der Waals surface area contributed by atoms with Crippen LogP contribution in [0, 0.1) is 0 Å². The fourth-order valence-corrected chi connectivity index (χ4v) is 6.16. The molecule has 1 aliphatic rings. The number of ether oxygens (including phenoxy) is 1. The molecule has 3 heteroatoms. The first kappa shape index (κ1) is 9.80. The van der Waals surface area contributed by atoms with Crippen molar-refractivity contribution in [3.8, 4) is 0 Å². The van der Waals surface area contributed by atoms with Crippen LogP contribution in [0.4, 0.5) is 0 Å². The van der Waals surface area contributed by atoms with Crippen LogP contribution in [0.2, 0.25) is 14.8 Å². The first-order valence-electron chi connectivity index (χ1n) is 4.38. The van der Waals surface area contributed by atoms with E-state index in [4.69, 9.17) is 4.74 Å². The Kier molecular flexibility index (Phi) is 3.65. The van der Waals surface area contributed by atoms with Crippen LogP contribution in [0.15, 0.2) is 0 Å². The first-order valence-corrected chi connectivity index (χ1v) is 15.0. The molecule has 11 heavy (non-hydrogen) atoms. The molecule has 1 saturated heterocycles. The average Bonchev–Trinajstić information content (AvgIpc) is 1.85. The van der Waals surface area contributed by atoms with Crippen molar-refractivity contribution in [2.45, 2.75) is 14.8 Å². The summed E-state index contributed by atoms with van der Waals surface area (Å²) in [6.45, 7) is 4.21. The Bertz CT molecular complexity index is 116. The van der Waals surface area contributed by atoms with Crippen molar-refractivity contribution >= 4 is 18.4 Å². The Balaban J connectivity index is 2.24. The molecule has 0 N–H and O–H groups in total. The minimum atomic E-state index is -1.54. The third kappa shape index (κ3) is 4.33. The zero-order valence-corrected chi connectivity index (χ0v) is 10.7. The Labute approximate surface area is 73.8 Å². The van der Waals surface area contributed by atoms with Crippen LogP contribution in [-0.4, -0.2) is 54.1 Å². The SMILES string of the molecule is [CH3][Sn]([CH3])([CH3])[CH2]N1CCOCC1. The van der Waals surface area contributed by atoms with Crippen molar-refractivity contribution in [2.75, 3.05) is 30.9 Å². The molecular formula is C8H19NOSn. The van der Waals surface area contributed by atoms with Gasteiger partial charge in [0.25, 0.3) is 0 Å². The average molecular weight is 264 g/mol. The van der Waals surface area contributed by atoms with Crippen LogP contribution in [0.1, 0.15) is 0 Å². The summed E-state index contributed by atoms with van der Waals surface area (Å²) in [5, 5.41) is 0. The molecule has 0 amide bonds. The van der Waals surface area contributed by atoms with E-state index in [0.29, 0.717) is 0 Å². The molecule has 0 bridgehead atoms. The van der Waals surface area contributed by atoms with E-state index in [1.165, 1.54) is 4.56 Å². The molecule has 0 aromatic carbocycles. The van der Waals surface area contributed by atoms with Crippen molar-refractivity contribution in [3.05, 3.63) is 0 Å². The van der Waals surface area contributed by atoms with E-state index >= 15 is 0 Å². The van der Waals surface area contributed by atoms with E-state index in [-0.39, 0.29) is 0 Å². The van der Waals surface area contributed by atoms with Crippen molar-refractivity contribution in [2.24, 2.45) is 0 Å². The van der Waals surface area contributed by atoms with E-state index in [1.54, 1.807) is 0 Å². The molecule has 0 unspecified atom stereocenters. The number of hydrogen-bond acceptors (Lipinski definition) is 2. The molecule has 1 fully saturated rings. The van der Waals surface area contributed by atoms with Gasteiger partial charge in [0.15, 0.2) is 0 Å². The van der Waals surface area contributed by atoms with Gasteiger partial charge in [-0.3, -0.25) is 0 Å². The molecule has 1 heterocycles. The second-order valence-corrected chi connectivity index (χ2v) is 20.0. The second kappa shape index (κ2) is 4.10. The van der Waals surface area contributed by atoms with Gasteiger partial charge in [0.05, 0.1) is 0 Å². The minimum absolute atomic E-state index is 0.946. The van der Waals surface area contributed by atoms with Gasteiger partial charge in [0.1, 0.15) is 0 Å². The molecule has 0 spiro atoms. The number of morpholine rings is 1. The monoisotopic (exact) mass is 265 g/mol. The summed E-state index contributed by atoms with van der Waals surface area (Å²) in [4.78, 5) is 10.0. The Morgan fingerprint density at radius 1 is 1.18 bits per heavy atom. The summed E-state index contributed by atoms with van der Waals surface area (Å²) in [7, 11) is 0. The molecule has 0 saturated carbocycles. The fourth-order valence-electron chi connectivity index (χ4n) is 1.43. The molecule has 0 aromatic heterocycles. The fraction of sp³-hybridized carbons (Fsp3) is 1.00. The molecule has 0 aromatic rings. The maximum absolute atomic E-state index is 5.30. The third-order valence-electron chi connectivity index (χ3n) is 1.80. The van der Waals surface area contributed by atoms with Gasteiger partial charge in [-0.1, -0.05) is 0 Å². The summed E-state index contributed by atoms with van der Waals surface area (Å²) < 4.78 is 6.70. The van der Waals surface area contributed by atoms with Crippen LogP contribution >= 0.6 is 0 Å². The molecule has 2 nitrogen and oxygen atoms in total. The van der Waals surface area contributed by atoms with Gasteiger partial charge in [-0.2, -0.15) is 0 Å². The zero-order chi connectivity index (χ0) is 8.32. The van der Waals surface area contributed by atoms with E-state index in [1.807, 2.05) is 0 Å². The van der Waals surface area contributed by atoms with Crippen LogP contribution in [0.25, 0.3) is 0 Å². The summed E-state index contributed by atoms with van der Waals surface area (Å²) in [5.74, 6) is 0. The quantitative estimate of drug-likeness (QED) is 0.695. The zero-order valence-electron chi connectivity index (χ0n) is 7.89. The van der Waals surface area contributed by atoms with Crippen molar-refractivity contribution in [1.29, 1.82) is 0 Å². The van der Waals surface area contributed by atoms with Crippen LogP contribution < -0.4 is 0 Å². The van der Waals surface area contributed by atoms with E-state index in [9.17, 15) is 0 Å². The molecule has 0 atom stereocenters. The van der Waals surface area contributed by atoms with Gasteiger partial charge in [0, 0.05) is 0 Å². The molecule has 66 valence electrons. The normalized spacial score (nSPS) is 22.1. The van der Waals surface area contributed by atoms with Gasteiger partial charge in [0.2, 0.25) is 0 Å².